The summed E-state index contributed by atoms with van der Waals surface area (Å²) >= 11 is 1.83. The summed E-state index contributed by atoms with van der Waals surface area (Å²) in [6.45, 7) is 0. The van der Waals surface area contributed by atoms with Gasteiger partial charge in [0.15, 0.2) is 17.5 Å². The minimum absolute atomic E-state index is 0.549. The van der Waals surface area contributed by atoms with Crippen LogP contribution in [0.1, 0.15) is 0 Å². The summed E-state index contributed by atoms with van der Waals surface area (Å²) in [6.07, 6.45) is 0. The molecule has 0 bridgehead atoms. The fraction of sp³-hybridized carbons (Fsp3) is 0. The molecule has 0 atom stereocenters. The molecule has 354 valence electrons. The lowest BCUT2D eigenvalue weighted by atomic mass is 9.98. The molecule has 0 radical (unpaired) electrons. The van der Waals surface area contributed by atoms with Crippen molar-refractivity contribution in [1.29, 1.82) is 0 Å². The molecule has 0 fully saturated rings. The molecule has 76 heavy (non-hydrogen) atoms. The number of para-hydroxylation sites is 1. The van der Waals surface area contributed by atoms with E-state index in [2.05, 4.69) is 205 Å². The number of hydrogen-bond donors (Lipinski definition) is 0. The Hall–Kier alpha value is -9.95. The lowest BCUT2D eigenvalue weighted by Crippen LogP contribution is -2.00. The first-order valence-corrected chi connectivity index (χ1v) is 26.3. The van der Waals surface area contributed by atoms with Crippen LogP contribution >= 0.6 is 11.3 Å². The summed E-state index contributed by atoms with van der Waals surface area (Å²) in [5.74, 6) is 1.68. The van der Waals surface area contributed by atoms with Gasteiger partial charge >= 0.3 is 0 Å². The highest BCUT2D eigenvalue weighted by atomic mass is 32.1. The Morgan fingerprint density at radius 1 is 0.289 bits per heavy atom. The van der Waals surface area contributed by atoms with Crippen molar-refractivity contribution in [2.24, 2.45) is 0 Å². The molecule has 0 saturated carbocycles. The average Bonchev–Trinajstić information content (AvgIpc) is 4.28. The zero-order valence-corrected chi connectivity index (χ0v) is 41.4. The fourth-order valence-electron chi connectivity index (χ4n) is 11.5. The number of hydrogen-bond acceptors (Lipinski definition) is 6. The van der Waals surface area contributed by atoms with E-state index in [0.717, 1.165) is 94.0 Å². The molecule has 0 aliphatic rings. The van der Waals surface area contributed by atoms with Crippen LogP contribution in [0.5, 0.6) is 0 Å². The van der Waals surface area contributed by atoms with Gasteiger partial charge in [-0.1, -0.05) is 158 Å². The number of furan rings is 2. The predicted octanol–water partition coefficient (Wildman–Crippen LogP) is 19.1. The lowest BCUT2D eigenvalue weighted by Gasteiger charge is -2.11. The second-order valence-corrected chi connectivity index (χ2v) is 20.5. The van der Waals surface area contributed by atoms with Crippen molar-refractivity contribution in [1.82, 2.24) is 19.5 Å². The molecule has 5 aromatic heterocycles. The van der Waals surface area contributed by atoms with Gasteiger partial charge in [-0.05, 0) is 118 Å². The molecular formula is C69H40N4O2S. The van der Waals surface area contributed by atoms with Gasteiger partial charge in [-0.3, -0.25) is 0 Å². The highest BCUT2D eigenvalue weighted by Crippen LogP contribution is 2.44. The van der Waals surface area contributed by atoms with E-state index in [-0.39, 0.29) is 0 Å². The maximum absolute atomic E-state index is 6.73. The molecule has 0 spiro atoms. The van der Waals surface area contributed by atoms with Crippen LogP contribution in [0.4, 0.5) is 0 Å². The lowest BCUT2D eigenvalue weighted by molar-refractivity contribution is 0.668. The first kappa shape index (κ1) is 42.5. The topological polar surface area (TPSA) is 69.9 Å². The number of nitrogens with zero attached hydrogens (tertiary/aromatic N) is 4. The van der Waals surface area contributed by atoms with Crippen LogP contribution < -0.4 is 0 Å². The van der Waals surface area contributed by atoms with Crippen molar-refractivity contribution >= 4 is 97.2 Å². The zero-order chi connectivity index (χ0) is 49.8. The van der Waals surface area contributed by atoms with Gasteiger partial charge in [-0.25, -0.2) is 15.0 Å². The first-order valence-electron chi connectivity index (χ1n) is 25.5. The number of thiophene rings is 1. The Bertz CT molecular complexity index is 5010. The Kier molecular flexibility index (Phi) is 9.40. The van der Waals surface area contributed by atoms with Gasteiger partial charge < -0.3 is 13.4 Å². The van der Waals surface area contributed by atoms with Gasteiger partial charge in [0.2, 0.25) is 0 Å². The van der Waals surface area contributed by atoms with Gasteiger partial charge in [0, 0.05) is 74.9 Å². The molecule has 7 heteroatoms. The molecule has 0 amide bonds. The van der Waals surface area contributed by atoms with Gasteiger partial charge in [0.25, 0.3) is 0 Å². The minimum Gasteiger partial charge on any atom is -0.456 e. The van der Waals surface area contributed by atoms with Crippen molar-refractivity contribution < 1.29 is 8.83 Å². The van der Waals surface area contributed by atoms with E-state index in [1.54, 1.807) is 0 Å². The first-order chi connectivity index (χ1) is 37.6. The number of benzene rings is 11. The van der Waals surface area contributed by atoms with Crippen LogP contribution in [0.2, 0.25) is 0 Å². The van der Waals surface area contributed by atoms with Gasteiger partial charge in [0.1, 0.15) is 22.3 Å². The molecule has 0 aliphatic heterocycles. The summed E-state index contributed by atoms with van der Waals surface area (Å²) in [5.41, 5.74) is 16.1. The molecule has 0 saturated heterocycles. The molecule has 0 N–H and O–H groups in total. The van der Waals surface area contributed by atoms with Crippen LogP contribution in [0.3, 0.4) is 0 Å². The molecule has 11 aromatic carbocycles. The van der Waals surface area contributed by atoms with Crippen LogP contribution in [0.15, 0.2) is 251 Å². The van der Waals surface area contributed by atoms with Crippen LogP contribution in [0, 0.1) is 0 Å². The van der Waals surface area contributed by atoms with Crippen LogP contribution in [-0.2, 0) is 0 Å². The van der Waals surface area contributed by atoms with Crippen molar-refractivity contribution in [3.8, 4) is 73.2 Å². The molecule has 16 aromatic rings. The third-order valence-electron chi connectivity index (χ3n) is 15.1. The van der Waals surface area contributed by atoms with E-state index in [1.165, 1.54) is 47.6 Å². The SMILES string of the molecule is c1ccc(-c2cccc(-n3c4ccccc4c4cc(-c5ccc6oc7cccc(-c8nc(-c9ccccc9)nc(-c9ccc%10c(c9)oc9cc(-c%11cccc%12sc%13ccccc%13c%11%12)ccc9%10)n8)c7c6c5)ccc43)c2)cc1. The van der Waals surface area contributed by atoms with Crippen LogP contribution in [0.25, 0.3) is 159 Å². The molecule has 0 unspecified atom stereocenters. The normalized spacial score (nSPS) is 11.9. The second-order valence-electron chi connectivity index (χ2n) is 19.5. The predicted molar refractivity (Wildman–Crippen MR) is 314 cm³/mol. The third kappa shape index (κ3) is 6.76. The standard InChI is InChI=1S/C69H40N4O2S/c1-3-14-41(15-4-1)43-18-11-19-48(36-43)73-57-24-9-7-20-50(57)55-37-44(30-34-58(55)73)45-31-35-59-56(38-45)65-54(23-12-25-60(65)74-59)69-71-67(42-16-5-2-6-17-42)70-68(72-69)47-29-33-52-51-32-28-46(39-61(51)75-62(52)40-47)49-22-13-27-64-66(49)53-21-8-10-26-63(53)76-64/h1-40H. The van der Waals surface area contributed by atoms with Gasteiger partial charge in [-0.15, -0.1) is 11.3 Å². The average molecular weight is 989 g/mol. The Labute approximate surface area is 439 Å². The molecule has 0 aliphatic carbocycles. The summed E-state index contributed by atoms with van der Waals surface area (Å²) in [6, 6.07) is 85.7. The Morgan fingerprint density at radius 2 is 0.868 bits per heavy atom. The highest BCUT2D eigenvalue weighted by Gasteiger charge is 2.21. The number of aromatic nitrogens is 4. The fourth-order valence-corrected chi connectivity index (χ4v) is 12.7. The monoisotopic (exact) mass is 988 g/mol. The largest absolute Gasteiger partial charge is 0.456 e. The van der Waals surface area contributed by atoms with Crippen LogP contribution in [-0.4, -0.2) is 19.5 Å². The van der Waals surface area contributed by atoms with E-state index in [0.29, 0.717) is 17.5 Å². The second kappa shape index (κ2) is 16.8. The highest BCUT2D eigenvalue weighted by molar-refractivity contribution is 7.25. The number of rotatable bonds is 7. The quantitative estimate of drug-likeness (QED) is 0.159. The van der Waals surface area contributed by atoms with Crippen molar-refractivity contribution in [3.63, 3.8) is 0 Å². The van der Waals surface area contributed by atoms with E-state index in [9.17, 15) is 0 Å². The van der Waals surface area contributed by atoms with E-state index in [1.807, 2.05) is 53.8 Å². The van der Waals surface area contributed by atoms with E-state index in [4.69, 9.17) is 23.8 Å². The summed E-state index contributed by atoms with van der Waals surface area (Å²) in [5, 5.41) is 8.96. The smallest absolute Gasteiger partial charge is 0.164 e. The van der Waals surface area contributed by atoms with Crippen molar-refractivity contribution in [2.75, 3.05) is 0 Å². The van der Waals surface area contributed by atoms with Crippen molar-refractivity contribution in [3.05, 3.63) is 243 Å². The van der Waals surface area contributed by atoms with Crippen molar-refractivity contribution in [2.45, 2.75) is 0 Å². The molecule has 5 heterocycles. The molecular weight excluding hydrogens is 949 g/mol. The summed E-state index contributed by atoms with van der Waals surface area (Å²) in [4.78, 5) is 15.6. The molecule has 6 nitrogen and oxygen atoms in total. The maximum atomic E-state index is 6.73. The number of fused-ring (bicyclic) bond motifs is 12. The van der Waals surface area contributed by atoms with Gasteiger partial charge in [0.05, 0.1) is 11.0 Å². The minimum atomic E-state index is 0.549. The summed E-state index contributed by atoms with van der Waals surface area (Å²) < 4.78 is 18.3. The van der Waals surface area contributed by atoms with E-state index >= 15 is 0 Å². The Balaban J connectivity index is 0.808. The molecule has 16 rings (SSSR count). The van der Waals surface area contributed by atoms with E-state index < -0.39 is 0 Å². The maximum Gasteiger partial charge on any atom is 0.164 e. The third-order valence-corrected chi connectivity index (χ3v) is 16.2. The zero-order valence-electron chi connectivity index (χ0n) is 40.6. The Morgan fingerprint density at radius 3 is 1.71 bits per heavy atom. The summed E-state index contributed by atoms with van der Waals surface area (Å²) in [7, 11) is 0. The van der Waals surface area contributed by atoms with Gasteiger partial charge in [-0.2, -0.15) is 0 Å².